The zero-order valence-corrected chi connectivity index (χ0v) is 22.5. The molecule has 0 saturated heterocycles. The van der Waals surface area contributed by atoms with E-state index < -0.39 is 0 Å². The lowest BCUT2D eigenvalue weighted by Gasteiger charge is -2.28. The van der Waals surface area contributed by atoms with E-state index >= 15 is 0 Å². The molecule has 0 bridgehead atoms. The van der Waals surface area contributed by atoms with Gasteiger partial charge in [0.25, 0.3) is 0 Å². The maximum Gasteiger partial charge on any atom is 0.0907 e. The summed E-state index contributed by atoms with van der Waals surface area (Å²) in [5, 5.41) is 0. The summed E-state index contributed by atoms with van der Waals surface area (Å²) in [6, 6.07) is 18.1. The third-order valence-corrected chi connectivity index (χ3v) is 8.51. The monoisotopic (exact) mass is 454 g/mol. The molecule has 0 atom stereocenters. The number of hydrogen-bond donors (Lipinski definition) is 0. The van der Waals surface area contributed by atoms with Crippen LogP contribution in [-0.4, -0.2) is 25.5 Å². The van der Waals surface area contributed by atoms with Gasteiger partial charge in [0.2, 0.25) is 0 Å². The van der Waals surface area contributed by atoms with E-state index in [0.29, 0.717) is 0 Å². The van der Waals surface area contributed by atoms with E-state index in [1.165, 1.54) is 22.3 Å². The molecule has 0 fully saturated rings. The Morgan fingerprint density at radius 1 is 0.529 bits per heavy atom. The third kappa shape index (κ3) is 4.73. The zero-order chi connectivity index (χ0) is 24.9. The van der Waals surface area contributed by atoms with Crippen molar-refractivity contribution in [3.63, 3.8) is 0 Å². The topological polar surface area (TPSA) is 24.7 Å². The average Bonchev–Trinajstić information content (AvgIpc) is 2.91. The summed E-state index contributed by atoms with van der Waals surface area (Å²) in [5.41, 5.74) is 9.81. The van der Waals surface area contributed by atoms with E-state index in [9.17, 15) is 0 Å². The second-order valence-corrected chi connectivity index (χ2v) is 10.00. The first-order valence-electron chi connectivity index (χ1n) is 12.9. The van der Waals surface area contributed by atoms with Gasteiger partial charge in [0.15, 0.2) is 0 Å². The van der Waals surface area contributed by atoms with Crippen LogP contribution in [0.5, 0.6) is 0 Å². The van der Waals surface area contributed by atoms with Crippen LogP contribution in [0.2, 0.25) is 0 Å². The summed E-state index contributed by atoms with van der Waals surface area (Å²) >= 11 is 0. The normalized spacial score (nSPS) is 17.2. The molecule has 1 aliphatic carbocycles. The highest BCUT2D eigenvalue weighted by atomic mass is 14.8. The van der Waals surface area contributed by atoms with Gasteiger partial charge in [-0.2, -0.15) is 0 Å². The Morgan fingerprint density at radius 2 is 0.824 bits per heavy atom. The smallest absolute Gasteiger partial charge is 0.0907 e. The zero-order valence-electron chi connectivity index (χ0n) is 22.5. The van der Waals surface area contributed by atoms with Crippen LogP contribution in [0.15, 0.2) is 70.7 Å². The first-order chi connectivity index (χ1) is 16.3. The molecule has 0 saturated carbocycles. The molecular formula is C32H42N2. The lowest BCUT2D eigenvalue weighted by molar-refractivity contribution is 0.439. The van der Waals surface area contributed by atoms with Crippen LogP contribution in [0.25, 0.3) is 11.1 Å². The molecule has 2 heteroatoms. The van der Waals surface area contributed by atoms with Gasteiger partial charge < -0.3 is 0 Å². The first kappa shape index (κ1) is 25.9. The van der Waals surface area contributed by atoms with Crippen molar-refractivity contribution in [2.24, 2.45) is 9.98 Å². The van der Waals surface area contributed by atoms with Gasteiger partial charge in [-0.1, -0.05) is 102 Å². The second kappa shape index (κ2) is 10.7. The second-order valence-electron chi connectivity index (χ2n) is 10.00. The number of rotatable bonds is 8. The highest BCUT2D eigenvalue weighted by molar-refractivity contribution is 6.69. The van der Waals surface area contributed by atoms with Gasteiger partial charge in [0.1, 0.15) is 0 Å². The summed E-state index contributed by atoms with van der Waals surface area (Å²) in [7, 11) is 3.74. The van der Waals surface area contributed by atoms with E-state index in [4.69, 9.17) is 9.98 Å². The van der Waals surface area contributed by atoms with E-state index in [2.05, 4.69) is 102 Å². The van der Waals surface area contributed by atoms with E-state index in [1.54, 1.807) is 0 Å². The molecule has 0 amide bonds. The standard InChI is InChI=1S/C32H42N2/c1-9-31(5,10-2)25-17-13-23(14-18-25)27-21-22-28(30(34-8)29(27)33-7)24-15-19-26(20-16-24)32(6,11-3)12-4/h13-22H,9-12H2,1-8H3. The molecule has 2 nitrogen and oxygen atoms in total. The molecule has 0 heterocycles. The molecule has 34 heavy (non-hydrogen) atoms. The van der Waals surface area contributed by atoms with E-state index in [-0.39, 0.29) is 10.8 Å². The van der Waals surface area contributed by atoms with Crippen molar-refractivity contribution in [1.82, 2.24) is 0 Å². The number of nitrogens with zero attached hydrogens (tertiary/aromatic N) is 2. The van der Waals surface area contributed by atoms with Gasteiger partial charge in [-0.25, -0.2) is 0 Å². The molecule has 2 aromatic carbocycles. The Labute approximate surface area is 207 Å². The maximum absolute atomic E-state index is 4.70. The fourth-order valence-corrected chi connectivity index (χ4v) is 4.92. The Kier molecular flexibility index (Phi) is 8.13. The molecule has 3 rings (SSSR count). The highest BCUT2D eigenvalue weighted by Gasteiger charge is 2.26. The van der Waals surface area contributed by atoms with Crippen LogP contribution in [0.1, 0.15) is 89.5 Å². The van der Waals surface area contributed by atoms with Crippen LogP contribution in [-0.2, 0) is 10.8 Å². The lowest BCUT2D eigenvalue weighted by Crippen LogP contribution is -2.22. The number of hydrogen-bond acceptors (Lipinski definition) is 2. The molecule has 0 spiro atoms. The molecule has 0 N–H and O–H groups in total. The molecular weight excluding hydrogens is 412 g/mol. The molecule has 0 unspecified atom stereocenters. The van der Waals surface area contributed by atoms with Gasteiger partial charge >= 0.3 is 0 Å². The van der Waals surface area contributed by atoms with Crippen molar-refractivity contribution < 1.29 is 0 Å². The largest absolute Gasteiger partial charge is 0.286 e. The van der Waals surface area contributed by atoms with Gasteiger partial charge in [-0.05, 0) is 58.8 Å². The van der Waals surface area contributed by atoms with Crippen molar-refractivity contribution >= 4 is 22.6 Å². The van der Waals surface area contributed by atoms with Crippen molar-refractivity contribution in [2.45, 2.75) is 78.1 Å². The molecule has 2 aromatic rings. The Hall–Kier alpha value is -2.74. The number of aliphatic imine (C=N–C) groups is 2. The predicted molar refractivity (Wildman–Crippen MR) is 151 cm³/mol. The SMILES string of the molecule is CCC(C)(CC)c1ccc(C2=CC=C(c3ccc(C(C)(CC)CC)cc3)C(=NC)C2=NC)cc1. The third-order valence-electron chi connectivity index (χ3n) is 8.51. The minimum Gasteiger partial charge on any atom is -0.286 e. The van der Waals surface area contributed by atoms with Crippen molar-refractivity contribution in [3.05, 3.63) is 82.9 Å². The van der Waals surface area contributed by atoms with Gasteiger partial charge in [0.05, 0.1) is 11.4 Å². The van der Waals surface area contributed by atoms with Crippen LogP contribution in [0, 0.1) is 0 Å². The summed E-state index contributed by atoms with van der Waals surface area (Å²) < 4.78 is 0. The molecule has 0 radical (unpaired) electrons. The Balaban J connectivity index is 2.01. The van der Waals surface area contributed by atoms with Crippen molar-refractivity contribution in [1.29, 1.82) is 0 Å². The fraction of sp³-hybridized carbons (Fsp3) is 0.438. The van der Waals surface area contributed by atoms with E-state index in [0.717, 1.165) is 48.3 Å². The Morgan fingerprint density at radius 3 is 1.06 bits per heavy atom. The van der Waals surface area contributed by atoms with Crippen molar-refractivity contribution in [3.8, 4) is 0 Å². The average molecular weight is 455 g/mol. The first-order valence-corrected chi connectivity index (χ1v) is 12.9. The summed E-state index contributed by atoms with van der Waals surface area (Å²) in [4.78, 5) is 9.39. The minimum atomic E-state index is 0.224. The van der Waals surface area contributed by atoms with Gasteiger partial charge in [-0.3, -0.25) is 9.98 Å². The number of benzene rings is 2. The molecule has 0 aliphatic heterocycles. The molecule has 1 aliphatic rings. The van der Waals surface area contributed by atoms with Crippen LogP contribution < -0.4 is 0 Å². The fourth-order valence-electron chi connectivity index (χ4n) is 4.92. The van der Waals surface area contributed by atoms with Gasteiger partial charge in [0, 0.05) is 25.2 Å². The molecule has 180 valence electrons. The maximum atomic E-state index is 4.70. The molecule has 0 aromatic heterocycles. The quantitative estimate of drug-likeness (QED) is 0.357. The highest BCUT2D eigenvalue weighted by Crippen LogP contribution is 2.35. The predicted octanol–water partition coefficient (Wildman–Crippen LogP) is 8.46. The Bertz CT molecular complexity index is 1010. The van der Waals surface area contributed by atoms with Gasteiger partial charge in [-0.15, -0.1) is 0 Å². The summed E-state index contributed by atoms with van der Waals surface area (Å²) in [6.45, 7) is 13.8. The van der Waals surface area contributed by atoms with E-state index in [1.807, 2.05) is 14.1 Å². The summed E-state index contributed by atoms with van der Waals surface area (Å²) in [5.74, 6) is 0. The van der Waals surface area contributed by atoms with Crippen molar-refractivity contribution in [2.75, 3.05) is 14.1 Å². The summed E-state index contributed by atoms with van der Waals surface area (Å²) in [6.07, 6.45) is 8.97. The lowest BCUT2D eigenvalue weighted by atomic mass is 9.76. The van der Waals surface area contributed by atoms with Crippen LogP contribution in [0.3, 0.4) is 0 Å². The number of allylic oxidation sites excluding steroid dienone is 4. The van der Waals surface area contributed by atoms with Crippen LogP contribution >= 0.6 is 0 Å². The minimum absolute atomic E-state index is 0.224. The van der Waals surface area contributed by atoms with Crippen LogP contribution in [0.4, 0.5) is 0 Å².